The lowest BCUT2D eigenvalue weighted by atomic mass is 10.2. The van der Waals surface area contributed by atoms with E-state index in [9.17, 15) is 4.79 Å². The summed E-state index contributed by atoms with van der Waals surface area (Å²) in [6, 6.07) is 3.44. The smallest absolute Gasteiger partial charge is 0.341 e. The van der Waals surface area contributed by atoms with Crippen molar-refractivity contribution in [2.75, 3.05) is 30.5 Å². The van der Waals surface area contributed by atoms with Gasteiger partial charge < -0.3 is 10.1 Å². The molecule has 4 nitrogen and oxygen atoms in total. The number of aromatic nitrogens is 1. The summed E-state index contributed by atoms with van der Waals surface area (Å²) in [5.41, 5.74) is 0.491. The number of nitrogens with one attached hydrogen (secondary N) is 1. The average molecular weight is 240 g/mol. The lowest BCUT2D eigenvalue weighted by Gasteiger charge is -2.09. The molecule has 1 aromatic rings. The van der Waals surface area contributed by atoms with Gasteiger partial charge in [-0.15, -0.1) is 0 Å². The van der Waals surface area contributed by atoms with E-state index in [2.05, 4.69) is 10.3 Å². The first-order valence-electron chi connectivity index (χ1n) is 5.14. The fraction of sp³-hybridized carbons (Fsp3) is 0.455. The highest BCUT2D eigenvalue weighted by molar-refractivity contribution is 7.98. The van der Waals surface area contributed by atoms with Crippen molar-refractivity contribution in [2.45, 2.75) is 6.92 Å². The predicted molar refractivity (Wildman–Crippen MR) is 67.1 cm³/mol. The number of hydrogen-bond donors (Lipinski definition) is 1. The molecule has 0 saturated carbocycles. The zero-order chi connectivity index (χ0) is 11.8. The maximum atomic E-state index is 11.6. The molecule has 0 amide bonds. The van der Waals surface area contributed by atoms with Crippen molar-refractivity contribution in [1.29, 1.82) is 0 Å². The van der Waals surface area contributed by atoms with Gasteiger partial charge in [-0.1, -0.05) is 0 Å². The summed E-state index contributed by atoms with van der Waals surface area (Å²) in [6.07, 6.45) is 3.69. The first-order chi connectivity index (χ1) is 7.79. The number of nitrogens with zero attached hydrogens (tertiary/aromatic N) is 1. The van der Waals surface area contributed by atoms with Gasteiger partial charge in [0, 0.05) is 18.5 Å². The minimum atomic E-state index is -0.331. The molecule has 0 atom stereocenters. The zero-order valence-electron chi connectivity index (χ0n) is 9.53. The van der Waals surface area contributed by atoms with Gasteiger partial charge in [-0.3, -0.25) is 0 Å². The van der Waals surface area contributed by atoms with Crippen molar-refractivity contribution in [3.63, 3.8) is 0 Å². The third-order valence-corrected chi connectivity index (χ3v) is 2.51. The maximum absolute atomic E-state index is 11.6. The van der Waals surface area contributed by atoms with Gasteiger partial charge in [-0.25, -0.2) is 9.78 Å². The Labute approximate surface area is 99.8 Å². The second-order valence-corrected chi connectivity index (χ2v) is 4.03. The number of carbonyl (C=O) groups is 1. The Hall–Kier alpha value is -1.23. The number of carbonyl (C=O) groups excluding carboxylic acids is 1. The van der Waals surface area contributed by atoms with E-state index in [0.29, 0.717) is 18.0 Å². The van der Waals surface area contributed by atoms with E-state index in [0.717, 1.165) is 12.3 Å². The van der Waals surface area contributed by atoms with Crippen LogP contribution in [0.1, 0.15) is 17.3 Å². The fourth-order valence-corrected chi connectivity index (χ4v) is 1.50. The standard InChI is InChI=1S/C11H16N2O2S/c1-3-15-11(14)9-5-4-6-12-10(9)13-7-8-16-2/h4-6H,3,7-8H2,1-2H3,(H,12,13). The Morgan fingerprint density at radius 3 is 3.12 bits per heavy atom. The number of pyridine rings is 1. The van der Waals surface area contributed by atoms with Crippen molar-refractivity contribution in [3.05, 3.63) is 23.9 Å². The van der Waals surface area contributed by atoms with Crippen molar-refractivity contribution >= 4 is 23.5 Å². The van der Waals surface area contributed by atoms with Crippen LogP contribution in [0.15, 0.2) is 18.3 Å². The summed E-state index contributed by atoms with van der Waals surface area (Å²) >= 11 is 1.74. The topological polar surface area (TPSA) is 51.2 Å². The highest BCUT2D eigenvalue weighted by atomic mass is 32.2. The van der Waals surface area contributed by atoms with E-state index < -0.39 is 0 Å². The molecule has 0 spiro atoms. The van der Waals surface area contributed by atoms with Crippen molar-refractivity contribution in [2.24, 2.45) is 0 Å². The maximum Gasteiger partial charge on any atom is 0.341 e. The molecule has 0 unspecified atom stereocenters. The monoisotopic (exact) mass is 240 g/mol. The molecule has 0 aliphatic heterocycles. The number of esters is 1. The van der Waals surface area contributed by atoms with Crippen LogP contribution in [0.2, 0.25) is 0 Å². The number of rotatable bonds is 6. The van der Waals surface area contributed by atoms with E-state index >= 15 is 0 Å². The van der Waals surface area contributed by atoms with Crippen LogP contribution in [0.3, 0.4) is 0 Å². The Bertz CT molecular complexity index is 345. The summed E-state index contributed by atoms with van der Waals surface area (Å²) in [5, 5.41) is 3.12. The van der Waals surface area contributed by atoms with Crippen molar-refractivity contribution in [3.8, 4) is 0 Å². The minimum absolute atomic E-state index is 0.331. The lowest BCUT2D eigenvalue weighted by molar-refractivity contribution is 0.0527. The van der Waals surface area contributed by atoms with Crippen LogP contribution >= 0.6 is 11.8 Å². The van der Waals surface area contributed by atoms with Crippen LogP contribution in [-0.4, -0.2) is 36.1 Å². The van der Waals surface area contributed by atoms with Gasteiger partial charge in [0.25, 0.3) is 0 Å². The number of thioether (sulfide) groups is 1. The summed E-state index contributed by atoms with van der Waals surface area (Å²) in [5.74, 6) is 1.23. The van der Waals surface area contributed by atoms with E-state index in [1.54, 1.807) is 37.0 Å². The third kappa shape index (κ3) is 3.73. The highest BCUT2D eigenvalue weighted by Gasteiger charge is 2.12. The molecule has 16 heavy (non-hydrogen) atoms. The molecule has 1 rings (SSSR count). The normalized spacial score (nSPS) is 9.88. The van der Waals surface area contributed by atoms with E-state index in [1.165, 1.54) is 0 Å². The van der Waals surface area contributed by atoms with Crippen LogP contribution in [0.25, 0.3) is 0 Å². The molecular formula is C11H16N2O2S. The Balaban J connectivity index is 2.71. The highest BCUT2D eigenvalue weighted by Crippen LogP contribution is 2.12. The first-order valence-corrected chi connectivity index (χ1v) is 6.54. The van der Waals surface area contributed by atoms with E-state index in [1.807, 2.05) is 6.26 Å². The summed E-state index contributed by atoms with van der Waals surface area (Å²) < 4.78 is 4.95. The van der Waals surface area contributed by atoms with Gasteiger partial charge in [-0.2, -0.15) is 11.8 Å². The molecule has 0 radical (unpaired) electrons. The molecule has 1 heterocycles. The summed E-state index contributed by atoms with van der Waals surface area (Å²) in [7, 11) is 0. The van der Waals surface area contributed by atoms with Crippen LogP contribution in [0.4, 0.5) is 5.82 Å². The first kappa shape index (κ1) is 12.8. The second-order valence-electron chi connectivity index (χ2n) is 3.04. The Morgan fingerprint density at radius 1 is 1.62 bits per heavy atom. The largest absolute Gasteiger partial charge is 0.462 e. The molecular weight excluding hydrogens is 224 g/mol. The van der Waals surface area contributed by atoms with Crippen LogP contribution in [0, 0.1) is 0 Å². The van der Waals surface area contributed by atoms with Crippen molar-refractivity contribution in [1.82, 2.24) is 4.98 Å². The Morgan fingerprint density at radius 2 is 2.44 bits per heavy atom. The van der Waals surface area contributed by atoms with Crippen molar-refractivity contribution < 1.29 is 9.53 Å². The van der Waals surface area contributed by atoms with Crippen LogP contribution in [0.5, 0.6) is 0 Å². The van der Waals surface area contributed by atoms with Crippen LogP contribution in [-0.2, 0) is 4.74 Å². The number of hydrogen-bond acceptors (Lipinski definition) is 5. The predicted octanol–water partition coefficient (Wildman–Crippen LogP) is 2.03. The average Bonchev–Trinajstić information content (AvgIpc) is 2.30. The molecule has 5 heteroatoms. The van der Waals surface area contributed by atoms with Gasteiger partial charge in [-0.05, 0) is 25.3 Å². The lowest BCUT2D eigenvalue weighted by Crippen LogP contribution is -2.12. The zero-order valence-corrected chi connectivity index (χ0v) is 10.3. The number of anilines is 1. The molecule has 0 aromatic carbocycles. The molecule has 0 aliphatic carbocycles. The quantitative estimate of drug-likeness (QED) is 0.609. The molecule has 1 N–H and O–H groups in total. The minimum Gasteiger partial charge on any atom is -0.462 e. The third-order valence-electron chi connectivity index (χ3n) is 1.90. The van der Waals surface area contributed by atoms with Gasteiger partial charge in [0.15, 0.2) is 0 Å². The van der Waals surface area contributed by atoms with E-state index in [-0.39, 0.29) is 5.97 Å². The Kier molecular flexibility index (Phi) is 5.71. The SMILES string of the molecule is CCOC(=O)c1cccnc1NCCSC. The van der Waals surface area contributed by atoms with Gasteiger partial charge in [0.1, 0.15) is 11.4 Å². The molecule has 0 saturated heterocycles. The van der Waals surface area contributed by atoms with Crippen LogP contribution < -0.4 is 5.32 Å². The number of ether oxygens (including phenoxy) is 1. The summed E-state index contributed by atoms with van der Waals surface area (Å²) in [4.78, 5) is 15.7. The van der Waals surface area contributed by atoms with Gasteiger partial charge >= 0.3 is 5.97 Å². The second kappa shape index (κ2) is 7.11. The summed E-state index contributed by atoms with van der Waals surface area (Å²) in [6.45, 7) is 2.94. The molecule has 0 aliphatic rings. The van der Waals surface area contributed by atoms with E-state index in [4.69, 9.17) is 4.74 Å². The fourth-order valence-electron chi connectivity index (χ4n) is 1.19. The van der Waals surface area contributed by atoms with Gasteiger partial charge in [0.05, 0.1) is 6.61 Å². The molecule has 0 bridgehead atoms. The molecule has 0 fully saturated rings. The van der Waals surface area contributed by atoms with Gasteiger partial charge in [0.2, 0.25) is 0 Å². The molecule has 1 aromatic heterocycles. The molecule has 88 valence electrons.